The van der Waals surface area contributed by atoms with Crippen LogP contribution in [0.4, 0.5) is 36.8 Å². The Kier molecular flexibility index (Phi) is 8.42. The zero-order valence-corrected chi connectivity index (χ0v) is 20.8. The molecule has 0 spiro atoms. The first kappa shape index (κ1) is 29.0. The van der Waals surface area contributed by atoms with E-state index >= 15 is 0 Å². The van der Waals surface area contributed by atoms with Crippen molar-refractivity contribution in [3.8, 4) is 0 Å². The SMILES string of the molecule is CC(=O)N(Cc1cc(C(F)(F)F)cc(C(F)(F)F)c1)C1CCCN(C(=O)OC(C)C)c2ccc(C=O)cc21. The Bertz CT molecular complexity index is 1180. The second-order valence-electron chi connectivity index (χ2n) is 9.24. The van der Waals surface area contributed by atoms with Crippen molar-refractivity contribution < 1.29 is 45.5 Å². The predicted octanol–water partition coefficient (Wildman–Crippen LogP) is 6.77. The van der Waals surface area contributed by atoms with E-state index in [9.17, 15) is 40.7 Å². The Morgan fingerprint density at radius 1 is 1.05 bits per heavy atom. The lowest BCUT2D eigenvalue weighted by Gasteiger charge is -2.32. The van der Waals surface area contributed by atoms with E-state index in [-0.39, 0.29) is 30.2 Å². The molecule has 0 aromatic heterocycles. The maximum Gasteiger partial charge on any atom is 0.416 e. The lowest BCUT2D eigenvalue weighted by Crippen LogP contribution is -2.35. The number of nitrogens with zero attached hydrogens (tertiary/aromatic N) is 2. The monoisotopic (exact) mass is 544 g/mol. The van der Waals surface area contributed by atoms with E-state index in [1.165, 1.54) is 23.1 Å². The van der Waals surface area contributed by atoms with Crippen LogP contribution in [0.5, 0.6) is 0 Å². The van der Waals surface area contributed by atoms with E-state index in [0.717, 1.165) is 11.8 Å². The molecule has 1 heterocycles. The van der Waals surface area contributed by atoms with Crippen molar-refractivity contribution >= 4 is 24.0 Å². The molecule has 3 rings (SSSR count). The fourth-order valence-corrected chi connectivity index (χ4v) is 4.40. The van der Waals surface area contributed by atoms with Gasteiger partial charge >= 0.3 is 18.4 Å². The molecule has 2 aromatic rings. The van der Waals surface area contributed by atoms with Crippen LogP contribution >= 0.6 is 0 Å². The van der Waals surface area contributed by atoms with Gasteiger partial charge in [-0.3, -0.25) is 14.5 Å². The summed E-state index contributed by atoms with van der Waals surface area (Å²) >= 11 is 0. The van der Waals surface area contributed by atoms with E-state index in [0.29, 0.717) is 36.1 Å². The fraction of sp³-hybridized carbons (Fsp3) is 0.423. The number of aldehydes is 1. The van der Waals surface area contributed by atoms with Crippen LogP contribution in [-0.4, -0.2) is 35.8 Å². The maximum atomic E-state index is 13.4. The fourth-order valence-electron chi connectivity index (χ4n) is 4.40. The van der Waals surface area contributed by atoms with Crippen molar-refractivity contribution in [2.45, 2.75) is 64.7 Å². The van der Waals surface area contributed by atoms with Crippen LogP contribution in [-0.2, 0) is 28.4 Å². The number of ether oxygens (including phenoxy) is 1. The molecular formula is C26H26F6N2O4. The third-order valence-electron chi connectivity index (χ3n) is 6.03. The van der Waals surface area contributed by atoms with E-state index in [4.69, 9.17) is 4.74 Å². The van der Waals surface area contributed by atoms with E-state index in [1.54, 1.807) is 13.8 Å². The molecule has 0 bridgehead atoms. The molecule has 0 fully saturated rings. The molecule has 0 radical (unpaired) electrons. The number of halogens is 6. The highest BCUT2D eigenvalue weighted by Gasteiger charge is 2.38. The molecule has 6 nitrogen and oxygen atoms in total. The number of carbonyl (C=O) groups is 3. The molecule has 1 atom stereocenters. The van der Waals surface area contributed by atoms with Gasteiger partial charge in [0.2, 0.25) is 5.91 Å². The minimum absolute atomic E-state index is 0.0249. The average Bonchev–Trinajstić information content (AvgIpc) is 2.99. The van der Waals surface area contributed by atoms with E-state index in [2.05, 4.69) is 0 Å². The van der Waals surface area contributed by atoms with Crippen LogP contribution < -0.4 is 4.90 Å². The molecule has 1 aliphatic heterocycles. The number of amides is 2. The van der Waals surface area contributed by atoms with Gasteiger partial charge in [0.05, 0.1) is 29.0 Å². The Morgan fingerprint density at radius 3 is 2.16 bits per heavy atom. The van der Waals surface area contributed by atoms with Crippen molar-refractivity contribution in [1.29, 1.82) is 0 Å². The van der Waals surface area contributed by atoms with Gasteiger partial charge in [-0.25, -0.2) is 4.79 Å². The Hall–Kier alpha value is -3.57. The van der Waals surface area contributed by atoms with E-state index < -0.39 is 54.2 Å². The Labute approximate surface area is 215 Å². The molecule has 0 saturated heterocycles. The molecule has 206 valence electrons. The summed E-state index contributed by atoms with van der Waals surface area (Å²) in [6, 6.07) is 4.76. The number of benzene rings is 2. The molecule has 1 unspecified atom stereocenters. The second kappa shape index (κ2) is 11.0. The highest BCUT2D eigenvalue weighted by molar-refractivity contribution is 5.90. The highest BCUT2D eigenvalue weighted by Crippen LogP contribution is 2.40. The first-order valence-electron chi connectivity index (χ1n) is 11.7. The van der Waals surface area contributed by atoms with Crippen molar-refractivity contribution in [3.05, 3.63) is 64.2 Å². The van der Waals surface area contributed by atoms with Crippen molar-refractivity contribution in [1.82, 2.24) is 4.90 Å². The molecule has 12 heteroatoms. The molecule has 2 aromatic carbocycles. The van der Waals surface area contributed by atoms with Gasteiger partial charge in [0.15, 0.2) is 0 Å². The van der Waals surface area contributed by atoms with Crippen LogP contribution in [0, 0.1) is 0 Å². The number of rotatable bonds is 5. The van der Waals surface area contributed by atoms with Gasteiger partial charge in [-0.05, 0) is 74.2 Å². The molecule has 0 aliphatic carbocycles. The standard InChI is InChI=1S/C26H26F6N2O4/c1-15(2)38-24(37)33-8-4-5-22(21-11-17(14-35)6-7-23(21)33)34(16(3)36)13-18-9-19(25(27,28)29)12-20(10-18)26(30,31)32/h6-7,9-12,14-15,22H,4-5,8,13H2,1-3H3. The number of carbonyl (C=O) groups excluding carboxylic acids is 3. The molecule has 1 aliphatic rings. The first-order chi connectivity index (χ1) is 17.6. The molecule has 0 N–H and O–H groups in total. The van der Waals surface area contributed by atoms with Crippen molar-refractivity contribution in [2.75, 3.05) is 11.4 Å². The van der Waals surface area contributed by atoms with Crippen molar-refractivity contribution in [2.24, 2.45) is 0 Å². The normalized spacial score (nSPS) is 16.1. The van der Waals surface area contributed by atoms with Crippen molar-refractivity contribution in [3.63, 3.8) is 0 Å². The lowest BCUT2D eigenvalue weighted by atomic mass is 9.96. The zero-order chi connectivity index (χ0) is 28.4. The Balaban J connectivity index is 2.11. The summed E-state index contributed by atoms with van der Waals surface area (Å²) in [4.78, 5) is 39.5. The summed E-state index contributed by atoms with van der Waals surface area (Å²) < 4.78 is 85.7. The van der Waals surface area contributed by atoms with Crippen LogP contribution in [0.15, 0.2) is 36.4 Å². The lowest BCUT2D eigenvalue weighted by molar-refractivity contribution is -0.143. The third-order valence-corrected chi connectivity index (χ3v) is 6.03. The third kappa shape index (κ3) is 6.65. The number of fused-ring (bicyclic) bond motifs is 1. The Morgan fingerprint density at radius 2 is 1.66 bits per heavy atom. The maximum absolute atomic E-state index is 13.4. The van der Waals surface area contributed by atoms with Crippen LogP contribution in [0.1, 0.15) is 72.3 Å². The predicted molar refractivity (Wildman–Crippen MR) is 125 cm³/mol. The summed E-state index contributed by atoms with van der Waals surface area (Å²) in [5, 5.41) is 0. The minimum Gasteiger partial charge on any atom is -0.446 e. The summed E-state index contributed by atoms with van der Waals surface area (Å²) in [7, 11) is 0. The summed E-state index contributed by atoms with van der Waals surface area (Å²) in [6.45, 7) is 4.10. The molecule has 38 heavy (non-hydrogen) atoms. The number of alkyl halides is 6. The van der Waals surface area contributed by atoms with Gasteiger partial charge in [0.1, 0.15) is 6.29 Å². The molecular weight excluding hydrogens is 518 g/mol. The number of hydrogen-bond donors (Lipinski definition) is 0. The van der Waals surface area contributed by atoms with Gasteiger partial charge in [-0.1, -0.05) is 0 Å². The van der Waals surface area contributed by atoms with Crippen LogP contribution in [0.2, 0.25) is 0 Å². The van der Waals surface area contributed by atoms with Crippen LogP contribution in [0.25, 0.3) is 0 Å². The smallest absolute Gasteiger partial charge is 0.416 e. The van der Waals surface area contributed by atoms with Gasteiger partial charge in [0.25, 0.3) is 0 Å². The molecule has 0 saturated carbocycles. The second-order valence-corrected chi connectivity index (χ2v) is 9.24. The average molecular weight is 544 g/mol. The van der Waals surface area contributed by atoms with Gasteiger partial charge in [-0.15, -0.1) is 0 Å². The molecule has 2 amide bonds. The summed E-state index contributed by atoms with van der Waals surface area (Å²) in [6.07, 6.45) is -10.1. The largest absolute Gasteiger partial charge is 0.446 e. The van der Waals surface area contributed by atoms with Gasteiger partial charge in [-0.2, -0.15) is 26.3 Å². The van der Waals surface area contributed by atoms with E-state index in [1.807, 2.05) is 0 Å². The summed E-state index contributed by atoms with van der Waals surface area (Å²) in [5.74, 6) is -0.610. The van der Waals surface area contributed by atoms with Gasteiger partial charge in [0, 0.05) is 25.6 Å². The highest BCUT2D eigenvalue weighted by atomic mass is 19.4. The van der Waals surface area contributed by atoms with Crippen LogP contribution in [0.3, 0.4) is 0 Å². The zero-order valence-electron chi connectivity index (χ0n) is 20.8. The number of anilines is 1. The minimum atomic E-state index is -5.04. The summed E-state index contributed by atoms with van der Waals surface area (Å²) in [5.41, 5.74) is -2.44. The van der Waals surface area contributed by atoms with Gasteiger partial charge < -0.3 is 9.64 Å². The quantitative estimate of drug-likeness (QED) is 0.308. The topological polar surface area (TPSA) is 66.9 Å². The number of hydrogen-bond acceptors (Lipinski definition) is 4. The first-order valence-corrected chi connectivity index (χ1v) is 11.7.